The van der Waals surface area contributed by atoms with Crippen LogP contribution in [-0.2, 0) is 9.59 Å². The molecule has 0 bridgehead atoms. The molecule has 6 nitrogen and oxygen atoms in total. The van der Waals surface area contributed by atoms with Crippen LogP contribution in [0.2, 0.25) is 0 Å². The van der Waals surface area contributed by atoms with E-state index in [1.54, 1.807) is 18.2 Å². The van der Waals surface area contributed by atoms with E-state index in [1.807, 2.05) is 23.6 Å². The van der Waals surface area contributed by atoms with Crippen LogP contribution in [0.5, 0.6) is 5.75 Å². The molecule has 0 saturated heterocycles. The van der Waals surface area contributed by atoms with E-state index < -0.39 is 0 Å². The number of ether oxygens (including phenoxy) is 1. The van der Waals surface area contributed by atoms with Crippen molar-refractivity contribution in [1.29, 1.82) is 0 Å². The summed E-state index contributed by atoms with van der Waals surface area (Å²) in [4.78, 5) is 28.2. The molecule has 2 N–H and O–H groups in total. The van der Waals surface area contributed by atoms with Gasteiger partial charge in [0, 0.05) is 35.9 Å². The van der Waals surface area contributed by atoms with Crippen molar-refractivity contribution in [2.24, 2.45) is 0 Å². The molecule has 2 heterocycles. The number of carbonyl (C=O) groups is 2. The lowest BCUT2D eigenvalue weighted by atomic mass is 9.97. The molecular weight excluding hydrogens is 417 g/mol. The monoisotopic (exact) mass is 437 g/mol. The fourth-order valence-corrected chi connectivity index (χ4v) is 4.03. The van der Waals surface area contributed by atoms with Crippen LogP contribution in [0.1, 0.15) is 30.5 Å². The molecule has 2 amide bonds. The van der Waals surface area contributed by atoms with Gasteiger partial charge < -0.3 is 10.1 Å². The maximum atomic E-state index is 12.9. The van der Waals surface area contributed by atoms with Crippen LogP contribution in [0.15, 0.2) is 53.9 Å². The third kappa shape index (κ3) is 5.16. The summed E-state index contributed by atoms with van der Waals surface area (Å²) in [7, 11) is 0. The van der Waals surface area contributed by atoms with Crippen molar-refractivity contribution < 1.29 is 18.7 Å². The van der Waals surface area contributed by atoms with E-state index in [9.17, 15) is 14.0 Å². The van der Waals surface area contributed by atoms with E-state index >= 15 is 0 Å². The smallest absolute Gasteiger partial charge is 0.250 e. The Morgan fingerprint density at radius 1 is 1.23 bits per heavy atom. The van der Waals surface area contributed by atoms with E-state index in [2.05, 4.69) is 15.6 Å². The maximum absolute atomic E-state index is 12.9. The van der Waals surface area contributed by atoms with Gasteiger partial charge in [-0.25, -0.2) is 9.37 Å². The van der Waals surface area contributed by atoms with Crippen molar-refractivity contribution in [2.45, 2.75) is 19.4 Å². The van der Waals surface area contributed by atoms with Gasteiger partial charge >= 0.3 is 0 Å². The number of benzene rings is 2. The molecule has 2 aromatic carbocycles. The molecule has 3 aromatic rings. The lowest BCUT2D eigenvalue weighted by Crippen LogP contribution is -2.30. The fourth-order valence-electron chi connectivity index (χ4n) is 3.31. The number of nitrogens with one attached hydrogen (secondary N) is 2. The second kappa shape index (κ2) is 9.09. The van der Waals surface area contributed by atoms with Gasteiger partial charge in [0.2, 0.25) is 11.8 Å². The Bertz CT molecular complexity index is 1140. The van der Waals surface area contributed by atoms with Crippen LogP contribution < -0.4 is 15.4 Å². The molecule has 1 aliphatic rings. The second-order valence-corrected chi connectivity index (χ2v) is 7.91. The maximum Gasteiger partial charge on any atom is 0.250 e. The summed E-state index contributed by atoms with van der Waals surface area (Å²) >= 11 is 1.32. The number of anilines is 1. The number of thiazole rings is 1. The van der Waals surface area contributed by atoms with Crippen LogP contribution in [0.25, 0.3) is 17.3 Å². The highest BCUT2D eigenvalue weighted by Gasteiger charge is 2.23. The Morgan fingerprint density at radius 3 is 2.81 bits per heavy atom. The van der Waals surface area contributed by atoms with Crippen LogP contribution >= 0.6 is 11.3 Å². The van der Waals surface area contributed by atoms with Crippen molar-refractivity contribution in [3.63, 3.8) is 0 Å². The number of halogens is 1. The van der Waals surface area contributed by atoms with Crippen LogP contribution in [0.3, 0.4) is 0 Å². The van der Waals surface area contributed by atoms with Crippen LogP contribution in [-0.4, -0.2) is 23.4 Å². The largest absolute Gasteiger partial charge is 0.493 e. The molecule has 0 aliphatic carbocycles. The zero-order valence-corrected chi connectivity index (χ0v) is 17.5. The molecule has 158 valence electrons. The van der Waals surface area contributed by atoms with E-state index in [-0.39, 0.29) is 23.7 Å². The van der Waals surface area contributed by atoms with E-state index in [1.165, 1.54) is 36.5 Å². The van der Waals surface area contributed by atoms with Gasteiger partial charge in [0.25, 0.3) is 0 Å². The average molecular weight is 437 g/mol. The number of amides is 2. The third-order valence-corrected chi connectivity index (χ3v) is 5.51. The number of rotatable bonds is 5. The summed E-state index contributed by atoms with van der Waals surface area (Å²) in [5, 5.41) is 8.02. The zero-order chi connectivity index (χ0) is 21.8. The van der Waals surface area contributed by atoms with Crippen LogP contribution in [0, 0.1) is 5.82 Å². The van der Waals surface area contributed by atoms with Crippen molar-refractivity contribution in [1.82, 2.24) is 10.3 Å². The molecule has 0 spiro atoms. The lowest BCUT2D eigenvalue weighted by Gasteiger charge is -2.26. The van der Waals surface area contributed by atoms with Crippen molar-refractivity contribution in [2.75, 3.05) is 11.9 Å². The zero-order valence-electron chi connectivity index (χ0n) is 16.7. The molecule has 1 aromatic heterocycles. The number of carbonyl (C=O) groups excluding carboxylic acids is 2. The van der Waals surface area contributed by atoms with Crippen molar-refractivity contribution in [3.05, 3.63) is 70.9 Å². The first kappa shape index (κ1) is 20.7. The first-order chi connectivity index (χ1) is 15.0. The van der Waals surface area contributed by atoms with E-state index in [0.717, 1.165) is 28.1 Å². The topological polar surface area (TPSA) is 80.3 Å². The van der Waals surface area contributed by atoms with Gasteiger partial charge in [-0.15, -0.1) is 11.3 Å². The normalized spacial score (nSPS) is 15.2. The van der Waals surface area contributed by atoms with Crippen LogP contribution in [0.4, 0.5) is 9.52 Å². The van der Waals surface area contributed by atoms with Gasteiger partial charge in [-0.05, 0) is 42.0 Å². The van der Waals surface area contributed by atoms with Crippen molar-refractivity contribution in [3.8, 4) is 17.0 Å². The predicted octanol–water partition coefficient (Wildman–Crippen LogP) is 4.56. The third-order valence-electron chi connectivity index (χ3n) is 4.75. The molecule has 8 heteroatoms. The highest BCUT2D eigenvalue weighted by atomic mass is 32.1. The minimum Gasteiger partial charge on any atom is -0.493 e. The Kier molecular flexibility index (Phi) is 6.08. The van der Waals surface area contributed by atoms with Crippen molar-refractivity contribution >= 4 is 34.4 Å². The summed E-state index contributed by atoms with van der Waals surface area (Å²) in [6.45, 7) is 2.05. The quantitative estimate of drug-likeness (QED) is 0.574. The first-order valence-corrected chi connectivity index (χ1v) is 10.6. The van der Waals surface area contributed by atoms with Gasteiger partial charge in [-0.3, -0.25) is 14.9 Å². The number of hydrogen-bond acceptors (Lipinski definition) is 5. The molecule has 1 aliphatic heterocycles. The summed E-state index contributed by atoms with van der Waals surface area (Å²) in [6, 6.07) is 11.5. The Hall–Kier alpha value is -3.52. The number of nitrogens with zero attached hydrogens (tertiary/aromatic N) is 1. The standard InChI is InChI=1S/C23H20FN3O3S/c1-14(28)25-19-10-11-30-21-8-5-16(12-18(19)21)20-13-31-23(26-20)27-22(29)9-4-15-2-6-17(24)7-3-15/h2-9,12-13,19H,10-11H2,1H3,(H,25,28)(H,26,27,29)/b9-4+. The number of aromatic nitrogens is 1. The van der Waals surface area contributed by atoms with Gasteiger partial charge in [0.15, 0.2) is 5.13 Å². The first-order valence-electron chi connectivity index (χ1n) is 9.72. The molecule has 1 unspecified atom stereocenters. The molecule has 0 fully saturated rings. The minimum absolute atomic E-state index is 0.0874. The molecule has 31 heavy (non-hydrogen) atoms. The number of fused-ring (bicyclic) bond motifs is 1. The highest BCUT2D eigenvalue weighted by molar-refractivity contribution is 7.14. The SMILES string of the molecule is CC(=O)NC1CCOc2ccc(-c3csc(NC(=O)/C=C/c4ccc(F)cc4)n3)cc21. The lowest BCUT2D eigenvalue weighted by molar-refractivity contribution is -0.119. The predicted molar refractivity (Wildman–Crippen MR) is 118 cm³/mol. The Balaban J connectivity index is 1.46. The van der Waals surface area contributed by atoms with E-state index in [4.69, 9.17) is 4.74 Å². The Morgan fingerprint density at radius 2 is 2.03 bits per heavy atom. The summed E-state index contributed by atoms with van der Waals surface area (Å²) in [6.07, 6.45) is 3.69. The van der Waals surface area contributed by atoms with Gasteiger partial charge in [-0.2, -0.15) is 0 Å². The fraction of sp³-hybridized carbons (Fsp3) is 0.174. The van der Waals surface area contributed by atoms with E-state index in [0.29, 0.717) is 18.2 Å². The summed E-state index contributed by atoms with van der Waals surface area (Å²) in [5.41, 5.74) is 3.23. The Labute approximate surface area is 182 Å². The highest BCUT2D eigenvalue weighted by Crippen LogP contribution is 2.36. The van der Waals surface area contributed by atoms with Gasteiger partial charge in [-0.1, -0.05) is 12.1 Å². The second-order valence-electron chi connectivity index (χ2n) is 7.05. The van der Waals surface area contributed by atoms with Gasteiger partial charge in [0.1, 0.15) is 11.6 Å². The molecule has 1 atom stereocenters. The molecular formula is C23H20FN3O3S. The number of hydrogen-bond donors (Lipinski definition) is 2. The molecule has 4 rings (SSSR count). The molecule has 0 radical (unpaired) electrons. The molecule has 0 saturated carbocycles. The van der Waals surface area contributed by atoms with Gasteiger partial charge in [0.05, 0.1) is 18.3 Å². The minimum atomic E-state index is -0.325. The average Bonchev–Trinajstić information content (AvgIpc) is 3.21. The summed E-state index contributed by atoms with van der Waals surface area (Å²) < 4.78 is 18.6. The summed E-state index contributed by atoms with van der Waals surface area (Å²) in [5.74, 6) is 0.0166.